The Labute approximate surface area is 47.7 Å². The SMILES string of the molecule is N=c1oo[nH]c(=O)c1=N. The quantitative estimate of drug-likeness (QED) is 0.372. The number of aromatic nitrogens is 1. The van der Waals surface area contributed by atoms with E-state index in [-0.39, 0.29) is 0 Å². The molecule has 0 saturated heterocycles. The van der Waals surface area contributed by atoms with Gasteiger partial charge in [-0.2, -0.15) is 4.68 Å². The standard InChI is InChI=1S/C3H3N3O3/c4-1-2(5)8-9-6-3(1)7/h4-5H,(H,6,7). The van der Waals surface area contributed by atoms with E-state index in [4.69, 9.17) is 10.8 Å². The number of aromatic amines is 1. The molecule has 0 aliphatic rings. The first kappa shape index (κ1) is 5.54. The van der Waals surface area contributed by atoms with Crippen LogP contribution in [0.15, 0.2) is 14.1 Å². The molecule has 1 aromatic heterocycles. The van der Waals surface area contributed by atoms with Crippen molar-refractivity contribution in [3.05, 3.63) is 21.3 Å². The average Bonchev–Trinajstić information content (AvgIpc) is 1.83. The average molecular weight is 129 g/mol. The second kappa shape index (κ2) is 1.73. The summed E-state index contributed by atoms with van der Waals surface area (Å²) in [7, 11) is 0. The fourth-order valence-electron chi connectivity index (χ4n) is 0.296. The van der Waals surface area contributed by atoms with Gasteiger partial charge in [0.2, 0.25) is 0 Å². The smallest absolute Gasteiger partial charge is 0.291 e. The van der Waals surface area contributed by atoms with Crippen molar-refractivity contribution in [2.45, 2.75) is 0 Å². The van der Waals surface area contributed by atoms with Crippen LogP contribution in [-0.4, -0.2) is 5.16 Å². The zero-order chi connectivity index (χ0) is 6.85. The molecular weight excluding hydrogens is 126 g/mol. The van der Waals surface area contributed by atoms with Crippen LogP contribution in [0.25, 0.3) is 0 Å². The second-order valence-corrected chi connectivity index (χ2v) is 1.30. The molecule has 0 amide bonds. The van der Waals surface area contributed by atoms with Gasteiger partial charge >= 0.3 is 5.56 Å². The molecule has 1 aromatic rings. The summed E-state index contributed by atoms with van der Waals surface area (Å²) in [5.41, 5.74) is -1.36. The van der Waals surface area contributed by atoms with Gasteiger partial charge in [0.25, 0.3) is 5.55 Å². The lowest BCUT2D eigenvalue weighted by atomic mass is 10.6. The van der Waals surface area contributed by atoms with Crippen molar-refractivity contribution in [2.75, 3.05) is 0 Å². The second-order valence-electron chi connectivity index (χ2n) is 1.30. The third-order valence-corrected chi connectivity index (χ3v) is 0.713. The Bertz CT molecular complexity index is 324. The Morgan fingerprint density at radius 2 is 2.11 bits per heavy atom. The van der Waals surface area contributed by atoms with Crippen molar-refractivity contribution in [1.29, 1.82) is 10.8 Å². The summed E-state index contributed by atoms with van der Waals surface area (Å²) in [5, 5.41) is 14.6. The van der Waals surface area contributed by atoms with Crippen molar-refractivity contribution in [2.24, 2.45) is 0 Å². The molecule has 0 spiro atoms. The number of hydrogen-bond donors (Lipinski definition) is 3. The molecule has 0 radical (unpaired) electrons. The van der Waals surface area contributed by atoms with Crippen molar-refractivity contribution in [3.8, 4) is 0 Å². The summed E-state index contributed by atoms with van der Waals surface area (Å²) < 4.78 is 7.89. The van der Waals surface area contributed by atoms with E-state index in [2.05, 4.69) is 9.26 Å². The van der Waals surface area contributed by atoms with Crippen LogP contribution in [0.5, 0.6) is 0 Å². The van der Waals surface area contributed by atoms with E-state index >= 15 is 0 Å². The molecule has 0 bridgehead atoms. The molecule has 0 atom stereocenters. The van der Waals surface area contributed by atoms with Gasteiger partial charge in [-0.1, -0.05) is 0 Å². The maximum atomic E-state index is 10.3. The molecule has 1 rings (SSSR count). The van der Waals surface area contributed by atoms with E-state index in [0.29, 0.717) is 0 Å². The first-order chi connectivity index (χ1) is 4.22. The molecule has 0 fully saturated rings. The van der Waals surface area contributed by atoms with Gasteiger partial charge in [0.05, 0.1) is 0 Å². The highest BCUT2D eigenvalue weighted by molar-refractivity contribution is 4.66. The highest BCUT2D eigenvalue weighted by atomic mass is 17.0. The van der Waals surface area contributed by atoms with Gasteiger partial charge in [-0.25, -0.2) is 4.58 Å². The Hall–Kier alpha value is -1.59. The van der Waals surface area contributed by atoms with E-state index < -0.39 is 16.5 Å². The summed E-state index contributed by atoms with van der Waals surface area (Å²) in [6.45, 7) is 0. The predicted octanol–water partition coefficient (Wildman–Crippen LogP) is -1.48. The monoisotopic (exact) mass is 129 g/mol. The van der Waals surface area contributed by atoms with Gasteiger partial charge in [0.15, 0.2) is 5.36 Å². The molecule has 9 heavy (non-hydrogen) atoms. The highest BCUT2D eigenvalue weighted by Gasteiger charge is 1.90. The van der Waals surface area contributed by atoms with Crippen LogP contribution in [0.3, 0.4) is 0 Å². The topological polar surface area (TPSA) is 107 Å². The van der Waals surface area contributed by atoms with Gasteiger partial charge < -0.3 is 0 Å². The van der Waals surface area contributed by atoms with Gasteiger partial charge in [-0.15, -0.1) is 5.16 Å². The Balaban J connectivity index is 3.85. The molecule has 6 heteroatoms. The number of rotatable bonds is 0. The molecule has 0 aromatic carbocycles. The van der Waals surface area contributed by atoms with Gasteiger partial charge in [0, 0.05) is 0 Å². The van der Waals surface area contributed by atoms with Crippen LogP contribution in [0.2, 0.25) is 0 Å². The van der Waals surface area contributed by atoms with Crippen LogP contribution in [0, 0.1) is 10.8 Å². The Morgan fingerprint density at radius 1 is 1.44 bits per heavy atom. The first-order valence-electron chi connectivity index (χ1n) is 2.03. The van der Waals surface area contributed by atoms with E-state index in [0.717, 1.165) is 0 Å². The fourth-order valence-corrected chi connectivity index (χ4v) is 0.296. The molecule has 48 valence electrons. The van der Waals surface area contributed by atoms with Crippen LogP contribution in [0.1, 0.15) is 0 Å². The van der Waals surface area contributed by atoms with Crippen molar-refractivity contribution in [3.63, 3.8) is 0 Å². The Morgan fingerprint density at radius 3 is 2.56 bits per heavy atom. The third kappa shape index (κ3) is 0.809. The highest BCUT2D eigenvalue weighted by Crippen LogP contribution is 1.49. The zero-order valence-corrected chi connectivity index (χ0v) is 4.22. The lowest BCUT2D eigenvalue weighted by Crippen LogP contribution is -2.38. The van der Waals surface area contributed by atoms with Crippen LogP contribution in [-0.2, 0) is 0 Å². The maximum absolute atomic E-state index is 10.3. The molecule has 0 aliphatic carbocycles. The minimum absolute atomic E-state index is 0.541. The summed E-state index contributed by atoms with van der Waals surface area (Å²) in [5.74, 6) is 0. The number of hydrogen-bond acceptors (Lipinski definition) is 5. The van der Waals surface area contributed by atoms with Gasteiger partial charge in [-0.05, 0) is 0 Å². The molecule has 1 heterocycles. The third-order valence-electron chi connectivity index (χ3n) is 0.713. The predicted molar refractivity (Wildman–Crippen MR) is 23.3 cm³/mol. The zero-order valence-electron chi connectivity index (χ0n) is 4.22. The minimum Gasteiger partial charge on any atom is -0.291 e. The van der Waals surface area contributed by atoms with E-state index in [1.807, 2.05) is 0 Å². The van der Waals surface area contributed by atoms with Gasteiger partial charge in [-0.3, -0.25) is 15.6 Å². The normalized spacial score (nSPS) is 9.33. The van der Waals surface area contributed by atoms with E-state index in [9.17, 15) is 4.79 Å². The van der Waals surface area contributed by atoms with Crippen LogP contribution in [0.4, 0.5) is 0 Å². The molecule has 0 unspecified atom stereocenters. The first-order valence-corrected chi connectivity index (χ1v) is 2.03. The minimum atomic E-state index is -0.772. The summed E-state index contributed by atoms with van der Waals surface area (Å²) in [6, 6.07) is 0. The molecule has 3 N–H and O–H groups in total. The fraction of sp³-hybridized carbons (Fsp3) is 0. The molecular formula is C3H3N3O3. The lowest BCUT2D eigenvalue weighted by Gasteiger charge is -1.77. The van der Waals surface area contributed by atoms with E-state index in [1.54, 1.807) is 5.16 Å². The number of H-pyrrole nitrogens is 1. The summed E-state index contributed by atoms with van der Waals surface area (Å²) in [6.07, 6.45) is 0. The maximum Gasteiger partial charge on any atom is 0.310 e. The van der Waals surface area contributed by atoms with Crippen molar-refractivity contribution in [1.82, 2.24) is 5.16 Å². The Kier molecular flexibility index (Phi) is 1.07. The number of nitrogens with one attached hydrogen (secondary N) is 3. The van der Waals surface area contributed by atoms with Crippen molar-refractivity contribution >= 4 is 0 Å². The van der Waals surface area contributed by atoms with Crippen LogP contribution < -0.4 is 16.5 Å². The van der Waals surface area contributed by atoms with Crippen LogP contribution >= 0.6 is 0 Å². The summed E-state index contributed by atoms with van der Waals surface area (Å²) >= 11 is 0. The summed E-state index contributed by atoms with van der Waals surface area (Å²) in [4.78, 5) is 10.3. The van der Waals surface area contributed by atoms with Gasteiger partial charge in [0.1, 0.15) is 0 Å². The molecule has 0 aliphatic heterocycles. The molecule has 0 saturated carbocycles. The largest absolute Gasteiger partial charge is 0.310 e. The molecule has 6 nitrogen and oxygen atoms in total. The van der Waals surface area contributed by atoms with Crippen molar-refractivity contribution < 1.29 is 9.26 Å². The lowest BCUT2D eigenvalue weighted by molar-refractivity contribution is -0.0381. The van der Waals surface area contributed by atoms with E-state index in [1.165, 1.54) is 0 Å².